The highest BCUT2D eigenvalue weighted by atomic mass is 35.5. The first-order valence-corrected chi connectivity index (χ1v) is 10.1. The van der Waals surface area contributed by atoms with Crippen molar-refractivity contribution in [3.8, 4) is 0 Å². The van der Waals surface area contributed by atoms with Gasteiger partial charge in [-0.15, -0.1) is 0 Å². The molecule has 2 fully saturated rings. The van der Waals surface area contributed by atoms with Crippen LogP contribution in [0.1, 0.15) is 5.56 Å². The minimum atomic E-state index is -1.29. The van der Waals surface area contributed by atoms with E-state index in [1.165, 1.54) is 0 Å². The lowest BCUT2D eigenvalue weighted by atomic mass is 9.99. The molecule has 1 amide bonds. The zero-order chi connectivity index (χ0) is 20.1. The minimum absolute atomic E-state index is 0.0957. The summed E-state index contributed by atoms with van der Waals surface area (Å²) in [7, 11) is 1.70. The molecule has 0 aliphatic carbocycles. The van der Waals surface area contributed by atoms with Crippen LogP contribution in [0, 0.1) is 0 Å². The Morgan fingerprint density at radius 2 is 1.86 bits per heavy atom. The molecule has 3 rings (SSSR count). The van der Waals surface area contributed by atoms with E-state index in [9.17, 15) is 15.0 Å². The van der Waals surface area contributed by atoms with Gasteiger partial charge < -0.3 is 19.8 Å². The molecule has 0 aromatic heterocycles. The summed E-state index contributed by atoms with van der Waals surface area (Å²) in [6.07, 6.45) is -0.703. The molecule has 7 nitrogen and oxygen atoms in total. The third-order valence-electron chi connectivity index (χ3n) is 5.67. The smallest absolute Gasteiger partial charge is 0.227 e. The minimum Gasteiger partial charge on any atom is -0.388 e. The number of likely N-dealkylation sites (tertiary alicyclic amines) is 1. The van der Waals surface area contributed by atoms with Gasteiger partial charge in [-0.05, 0) is 17.7 Å². The van der Waals surface area contributed by atoms with Crippen molar-refractivity contribution < 1.29 is 19.7 Å². The van der Waals surface area contributed by atoms with E-state index in [2.05, 4.69) is 9.80 Å². The van der Waals surface area contributed by atoms with Gasteiger partial charge in [0.15, 0.2) is 0 Å². The average molecular weight is 412 g/mol. The number of nitrogens with zero attached hydrogens (tertiary/aromatic N) is 3. The fourth-order valence-corrected chi connectivity index (χ4v) is 4.02. The Bertz CT molecular complexity index is 651. The van der Waals surface area contributed by atoms with Crippen molar-refractivity contribution in [1.82, 2.24) is 14.7 Å². The molecule has 1 aromatic carbocycles. The van der Waals surface area contributed by atoms with Crippen LogP contribution in [0.25, 0.3) is 0 Å². The van der Waals surface area contributed by atoms with E-state index in [1.54, 1.807) is 24.1 Å². The van der Waals surface area contributed by atoms with Gasteiger partial charge in [0.1, 0.15) is 11.7 Å². The molecule has 2 heterocycles. The van der Waals surface area contributed by atoms with Crippen molar-refractivity contribution in [1.29, 1.82) is 0 Å². The predicted octanol–water partition coefficient (Wildman–Crippen LogP) is 0.0807. The van der Waals surface area contributed by atoms with Gasteiger partial charge in [0.25, 0.3) is 0 Å². The maximum Gasteiger partial charge on any atom is 0.227 e. The van der Waals surface area contributed by atoms with Crippen LogP contribution in [0.3, 0.4) is 0 Å². The number of aliphatic hydroxyl groups excluding tert-OH is 1. The Balaban J connectivity index is 1.50. The highest BCUT2D eigenvalue weighted by Gasteiger charge is 2.47. The second kappa shape index (κ2) is 9.52. The van der Waals surface area contributed by atoms with Crippen LogP contribution < -0.4 is 0 Å². The molecule has 2 N–H and O–H groups in total. The number of amides is 1. The molecule has 2 saturated heterocycles. The summed E-state index contributed by atoms with van der Waals surface area (Å²) in [4.78, 5) is 18.7. The molecular formula is C20H30ClN3O4. The molecule has 2 aliphatic heterocycles. The topological polar surface area (TPSA) is 76.5 Å². The largest absolute Gasteiger partial charge is 0.388 e. The molecule has 2 aliphatic rings. The van der Waals surface area contributed by atoms with Gasteiger partial charge in [0.05, 0.1) is 19.6 Å². The van der Waals surface area contributed by atoms with Crippen molar-refractivity contribution in [2.24, 2.45) is 0 Å². The third-order valence-corrected chi connectivity index (χ3v) is 5.93. The number of benzene rings is 1. The number of piperazine rings is 1. The summed E-state index contributed by atoms with van der Waals surface area (Å²) in [6.45, 7) is 5.80. The van der Waals surface area contributed by atoms with E-state index in [0.29, 0.717) is 18.2 Å². The molecule has 156 valence electrons. The van der Waals surface area contributed by atoms with Gasteiger partial charge >= 0.3 is 0 Å². The van der Waals surface area contributed by atoms with E-state index in [4.69, 9.17) is 16.3 Å². The van der Waals surface area contributed by atoms with Gasteiger partial charge in [-0.3, -0.25) is 14.6 Å². The molecule has 0 saturated carbocycles. The van der Waals surface area contributed by atoms with E-state index in [1.807, 2.05) is 12.1 Å². The molecule has 0 spiro atoms. The molecule has 1 aromatic rings. The summed E-state index contributed by atoms with van der Waals surface area (Å²) in [5, 5.41) is 22.1. The summed E-state index contributed by atoms with van der Waals surface area (Å²) in [5.41, 5.74) is -0.420. The standard InChI is InChI=1S/C20H30ClN3O4/c1-28-11-10-22-6-8-23(9-7-22)14-20(27)15-24(13-18(20)25)19(26)12-16-2-4-17(21)5-3-16/h2-5,18,25,27H,6-15H2,1H3/t18-,20+/m1/s1. The Morgan fingerprint density at radius 3 is 2.50 bits per heavy atom. The lowest BCUT2D eigenvalue weighted by Gasteiger charge is -2.38. The van der Waals surface area contributed by atoms with Crippen molar-refractivity contribution in [3.05, 3.63) is 34.9 Å². The van der Waals surface area contributed by atoms with Crippen molar-refractivity contribution in [2.45, 2.75) is 18.1 Å². The first-order chi connectivity index (χ1) is 13.4. The zero-order valence-electron chi connectivity index (χ0n) is 16.4. The van der Waals surface area contributed by atoms with Crippen LogP contribution in [0.2, 0.25) is 5.02 Å². The Kier molecular flexibility index (Phi) is 7.31. The Labute approximate surface area is 171 Å². The van der Waals surface area contributed by atoms with Crippen LogP contribution in [-0.2, 0) is 16.0 Å². The number of β-amino-alcohol motifs (C(OH)–C–C–N with tert-alkyl or cyclic N) is 2. The molecule has 0 radical (unpaired) electrons. The van der Waals surface area contributed by atoms with Crippen LogP contribution in [0.5, 0.6) is 0 Å². The van der Waals surface area contributed by atoms with E-state index in [-0.39, 0.29) is 25.4 Å². The number of ether oxygens (including phenoxy) is 1. The van der Waals surface area contributed by atoms with E-state index in [0.717, 1.165) is 38.3 Å². The fraction of sp³-hybridized carbons (Fsp3) is 0.650. The highest BCUT2D eigenvalue weighted by molar-refractivity contribution is 6.30. The maximum atomic E-state index is 12.6. The van der Waals surface area contributed by atoms with Crippen LogP contribution >= 0.6 is 11.6 Å². The van der Waals surface area contributed by atoms with Crippen molar-refractivity contribution >= 4 is 17.5 Å². The monoisotopic (exact) mass is 411 g/mol. The molecule has 8 heteroatoms. The predicted molar refractivity (Wildman–Crippen MR) is 107 cm³/mol. The van der Waals surface area contributed by atoms with Gasteiger partial charge in [0.2, 0.25) is 5.91 Å². The van der Waals surface area contributed by atoms with Crippen molar-refractivity contribution in [3.63, 3.8) is 0 Å². The number of rotatable bonds is 7. The first kappa shape index (κ1) is 21.5. The summed E-state index contributed by atoms with van der Waals surface area (Å²) in [5.74, 6) is -0.0957. The number of aliphatic hydroxyl groups is 2. The molecule has 28 heavy (non-hydrogen) atoms. The lowest BCUT2D eigenvalue weighted by Crippen LogP contribution is -2.56. The summed E-state index contributed by atoms with van der Waals surface area (Å²) < 4.78 is 5.12. The number of methoxy groups -OCH3 is 1. The van der Waals surface area contributed by atoms with Crippen LogP contribution in [0.4, 0.5) is 0 Å². The Morgan fingerprint density at radius 1 is 1.21 bits per heavy atom. The number of hydrogen-bond acceptors (Lipinski definition) is 6. The first-order valence-electron chi connectivity index (χ1n) is 9.76. The second-order valence-corrected chi connectivity index (χ2v) is 8.24. The zero-order valence-corrected chi connectivity index (χ0v) is 17.1. The Hall–Kier alpha value is -1.22. The third kappa shape index (κ3) is 5.43. The van der Waals surface area contributed by atoms with Gasteiger partial charge in [0, 0.05) is 57.9 Å². The second-order valence-electron chi connectivity index (χ2n) is 7.81. The molecule has 0 bridgehead atoms. The molecule has 2 atom stereocenters. The average Bonchev–Trinajstić information content (AvgIpc) is 2.98. The van der Waals surface area contributed by atoms with Gasteiger partial charge in [-0.1, -0.05) is 23.7 Å². The number of carbonyl (C=O) groups excluding carboxylic acids is 1. The van der Waals surface area contributed by atoms with E-state index < -0.39 is 11.7 Å². The lowest BCUT2D eigenvalue weighted by molar-refractivity contribution is -0.130. The quantitative estimate of drug-likeness (QED) is 0.662. The number of halogens is 1. The summed E-state index contributed by atoms with van der Waals surface area (Å²) >= 11 is 5.88. The number of hydrogen-bond donors (Lipinski definition) is 2. The normalized spacial score (nSPS) is 26.7. The molecular weight excluding hydrogens is 382 g/mol. The fourth-order valence-electron chi connectivity index (χ4n) is 3.89. The SMILES string of the molecule is COCCN1CCN(C[C@]2(O)CN(C(=O)Cc3ccc(Cl)cc3)C[C@H]2O)CC1. The van der Waals surface area contributed by atoms with E-state index >= 15 is 0 Å². The van der Waals surface area contributed by atoms with Gasteiger partial charge in [-0.2, -0.15) is 0 Å². The van der Waals surface area contributed by atoms with Crippen LogP contribution in [-0.4, -0.2) is 109 Å². The van der Waals surface area contributed by atoms with Crippen LogP contribution in [0.15, 0.2) is 24.3 Å². The number of carbonyl (C=O) groups is 1. The maximum absolute atomic E-state index is 12.6. The highest BCUT2D eigenvalue weighted by Crippen LogP contribution is 2.25. The molecule has 0 unspecified atom stereocenters. The van der Waals surface area contributed by atoms with Gasteiger partial charge in [-0.25, -0.2) is 0 Å². The summed E-state index contributed by atoms with van der Waals surface area (Å²) in [6, 6.07) is 7.15. The van der Waals surface area contributed by atoms with Crippen molar-refractivity contribution in [2.75, 3.05) is 66.1 Å².